The zero-order chi connectivity index (χ0) is 18.8. The molecular formula is C19H21N5O2S. The summed E-state index contributed by atoms with van der Waals surface area (Å²) in [4.78, 5) is 31.3. The predicted molar refractivity (Wildman–Crippen MR) is 105 cm³/mol. The number of fused-ring (bicyclic) bond motifs is 1. The molecule has 0 bridgehead atoms. The summed E-state index contributed by atoms with van der Waals surface area (Å²) in [7, 11) is 0. The lowest BCUT2D eigenvalue weighted by molar-refractivity contribution is 0.0724. The molecule has 1 N–H and O–H groups in total. The van der Waals surface area contributed by atoms with Crippen LogP contribution in [0.4, 0.5) is 5.13 Å². The molecule has 4 rings (SSSR count). The van der Waals surface area contributed by atoms with Crippen LogP contribution in [0, 0.1) is 6.92 Å². The fourth-order valence-corrected chi connectivity index (χ4v) is 4.06. The van der Waals surface area contributed by atoms with Crippen LogP contribution in [-0.2, 0) is 6.54 Å². The lowest BCUT2D eigenvalue weighted by atomic mass is 10.1. The summed E-state index contributed by atoms with van der Waals surface area (Å²) in [6.45, 7) is 4.06. The molecule has 1 amide bonds. The van der Waals surface area contributed by atoms with Crippen LogP contribution >= 0.6 is 11.3 Å². The number of amides is 1. The van der Waals surface area contributed by atoms with Gasteiger partial charge in [0, 0.05) is 37.0 Å². The number of hydrogen-bond acceptors (Lipinski definition) is 6. The Morgan fingerprint density at radius 1 is 1.19 bits per heavy atom. The molecule has 7 nitrogen and oxygen atoms in total. The number of carbonyl (C=O) groups is 1. The van der Waals surface area contributed by atoms with Crippen LogP contribution in [0.2, 0.25) is 0 Å². The van der Waals surface area contributed by atoms with Crippen molar-refractivity contribution in [3.05, 3.63) is 57.5 Å². The molecule has 0 atom stereocenters. The number of piperidine rings is 1. The van der Waals surface area contributed by atoms with Crippen molar-refractivity contribution in [3.8, 4) is 0 Å². The highest BCUT2D eigenvalue weighted by Crippen LogP contribution is 2.18. The Morgan fingerprint density at radius 3 is 2.67 bits per heavy atom. The Balaban J connectivity index is 1.42. The van der Waals surface area contributed by atoms with Gasteiger partial charge in [-0.25, -0.2) is 4.98 Å². The highest BCUT2D eigenvalue weighted by atomic mass is 32.1. The second-order valence-corrected chi connectivity index (χ2v) is 7.70. The fourth-order valence-electron chi connectivity index (χ4n) is 3.21. The summed E-state index contributed by atoms with van der Waals surface area (Å²) >= 11 is 1.34. The highest BCUT2D eigenvalue weighted by Gasteiger charge is 2.17. The molecule has 0 radical (unpaired) electrons. The van der Waals surface area contributed by atoms with Gasteiger partial charge in [0.1, 0.15) is 0 Å². The van der Waals surface area contributed by atoms with Gasteiger partial charge in [-0.05, 0) is 43.9 Å². The van der Waals surface area contributed by atoms with Crippen molar-refractivity contribution in [3.63, 3.8) is 0 Å². The molecule has 0 saturated carbocycles. The number of nitrogens with one attached hydrogen (secondary N) is 1. The fraction of sp³-hybridized carbons (Fsp3) is 0.368. The molecule has 1 aromatic carbocycles. The Morgan fingerprint density at radius 2 is 1.93 bits per heavy atom. The van der Waals surface area contributed by atoms with Gasteiger partial charge < -0.3 is 10.2 Å². The van der Waals surface area contributed by atoms with E-state index in [0.29, 0.717) is 22.3 Å². The van der Waals surface area contributed by atoms with Crippen molar-refractivity contribution in [1.29, 1.82) is 0 Å². The quantitative estimate of drug-likeness (QED) is 0.749. The maximum absolute atomic E-state index is 12.5. The molecule has 1 aliphatic rings. The Hall–Kier alpha value is -2.74. The molecule has 27 heavy (non-hydrogen) atoms. The van der Waals surface area contributed by atoms with Crippen LogP contribution < -0.4 is 10.9 Å². The number of rotatable bonds is 4. The van der Waals surface area contributed by atoms with Crippen LogP contribution in [0.25, 0.3) is 4.96 Å². The minimum absolute atomic E-state index is 0.112. The van der Waals surface area contributed by atoms with Gasteiger partial charge in [0.15, 0.2) is 0 Å². The van der Waals surface area contributed by atoms with Crippen LogP contribution in [0.1, 0.15) is 40.9 Å². The monoisotopic (exact) mass is 383 g/mol. The van der Waals surface area contributed by atoms with Gasteiger partial charge in [-0.1, -0.05) is 23.5 Å². The largest absolute Gasteiger partial charge is 0.356 e. The van der Waals surface area contributed by atoms with Crippen molar-refractivity contribution >= 4 is 27.3 Å². The van der Waals surface area contributed by atoms with E-state index in [0.717, 1.165) is 37.1 Å². The average Bonchev–Trinajstić information content (AvgIpc) is 3.10. The normalized spacial score (nSPS) is 14.5. The Labute approximate surface area is 160 Å². The molecule has 2 aromatic heterocycles. The molecule has 0 spiro atoms. The SMILES string of the molecule is Cc1cc(=O)n2nc(NCc3ccc(C(=O)N4CCCCC4)cc3)sc2n1. The maximum Gasteiger partial charge on any atom is 0.275 e. The minimum Gasteiger partial charge on any atom is -0.356 e. The number of likely N-dealkylation sites (tertiary alicyclic amines) is 1. The molecule has 140 valence electrons. The summed E-state index contributed by atoms with van der Waals surface area (Å²) in [6, 6.07) is 9.12. The summed E-state index contributed by atoms with van der Waals surface area (Å²) in [6.07, 6.45) is 3.39. The highest BCUT2D eigenvalue weighted by molar-refractivity contribution is 7.20. The van der Waals surface area contributed by atoms with Gasteiger partial charge in [-0.3, -0.25) is 9.59 Å². The van der Waals surface area contributed by atoms with Gasteiger partial charge in [0.25, 0.3) is 11.5 Å². The number of nitrogens with zero attached hydrogens (tertiary/aromatic N) is 4. The topological polar surface area (TPSA) is 79.6 Å². The van der Waals surface area contributed by atoms with Crippen LogP contribution in [0.3, 0.4) is 0 Å². The zero-order valence-electron chi connectivity index (χ0n) is 15.1. The number of carbonyl (C=O) groups excluding carboxylic acids is 1. The first-order valence-corrected chi connectivity index (χ1v) is 9.91. The summed E-state index contributed by atoms with van der Waals surface area (Å²) in [5.41, 5.74) is 2.28. The van der Waals surface area contributed by atoms with E-state index in [4.69, 9.17) is 0 Å². The van der Waals surface area contributed by atoms with E-state index >= 15 is 0 Å². The zero-order valence-corrected chi connectivity index (χ0v) is 16.0. The van der Waals surface area contributed by atoms with E-state index in [-0.39, 0.29) is 11.5 Å². The lowest BCUT2D eigenvalue weighted by Crippen LogP contribution is -2.35. The van der Waals surface area contributed by atoms with Gasteiger partial charge >= 0.3 is 0 Å². The number of anilines is 1. The molecule has 3 aromatic rings. The third-order valence-corrected chi connectivity index (χ3v) is 5.53. The van der Waals surface area contributed by atoms with Crippen molar-refractivity contribution in [1.82, 2.24) is 19.5 Å². The van der Waals surface area contributed by atoms with E-state index in [2.05, 4.69) is 15.4 Å². The standard InChI is InChI=1S/C19H21N5O2S/c1-13-11-16(25)24-19(21-13)27-18(22-24)20-12-14-5-7-15(8-6-14)17(26)23-9-3-2-4-10-23/h5-8,11H,2-4,9-10,12H2,1H3,(H,20,22). The van der Waals surface area contributed by atoms with Crippen molar-refractivity contribution in [2.45, 2.75) is 32.7 Å². The number of benzene rings is 1. The van der Waals surface area contributed by atoms with E-state index in [9.17, 15) is 9.59 Å². The lowest BCUT2D eigenvalue weighted by Gasteiger charge is -2.26. The second-order valence-electron chi connectivity index (χ2n) is 6.74. The third kappa shape index (κ3) is 3.85. The summed E-state index contributed by atoms with van der Waals surface area (Å²) in [5.74, 6) is 0.112. The van der Waals surface area contributed by atoms with Crippen LogP contribution in [0.5, 0.6) is 0 Å². The number of aromatic nitrogens is 3. The third-order valence-electron chi connectivity index (χ3n) is 4.66. The molecule has 0 unspecified atom stereocenters. The number of hydrogen-bond donors (Lipinski definition) is 1. The summed E-state index contributed by atoms with van der Waals surface area (Å²) < 4.78 is 1.31. The van der Waals surface area contributed by atoms with E-state index in [1.165, 1.54) is 28.3 Å². The van der Waals surface area contributed by atoms with Gasteiger partial charge in [0.05, 0.1) is 0 Å². The average molecular weight is 383 g/mol. The van der Waals surface area contributed by atoms with E-state index in [1.54, 1.807) is 6.92 Å². The molecule has 1 saturated heterocycles. The van der Waals surface area contributed by atoms with Crippen molar-refractivity contribution < 1.29 is 4.79 Å². The second kappa shape index (κ2) is 7.48. The summed E-state index contributed by atoms with van der Waals surface area (Å²) in [5, 5.41) is 8.12. The van der Waals surface area contributed by atoms with Gasteiger partial charge in [-0.15, -0.1) is 5.10 Å². The molecule has 3 heterocycles. The first kappa shape index (κ1) is 17.7. The smallest absolute Gasteiger partial charge is 0.275 e. The minimum atomic E-state index is -0.178. The molecular weight excluding hydrogens is 362 g/mol. The Kier molecular flexibility index (Phi) is 4.89. The Bertz CT molecular complexity index is 1020. The molecule has 0 aliphatic carbocycles. The first-order chi connectivity index (χ1) is 13.1. The first-order valence-electron chi connectivity index (χ1n) is 9.10. The van der Waals surface area contributed by atoms with Gasteiger partial charge in [-0.2, -0.15) is 4.52 Å². The molecule has 1 aliphatic heterocycles. The van der Waals surface area contributed by atoms with E-state index < -0.39 is 0 Å². The maximum atomic E-state index is 12.5. The van der Waals surface area contributed by atoms with Crippen LogP contribution in [0.15, 0.2) is 35.1 Å². The van der Waals surface area contributed by atoms with E-state index in [1.807, 2.05) is 29.2 Å². The predicted octanol–water partition coefficient (Wildman–Crippen LogP) is 2.70. The van der Waals surface area contributed by atoms with Gasteiger partial charge in [0.2, 0.25) is 10.1 Å². The number of aryl methyl sites for hydroxylation is 1. The molecule has 1 fully saturated rings. The molecule has 8 heteroatoms. The van der Waals surface area contributed by atoms with Crippen molar-refractivity contribution in [2.75, 3.05) is 18.4 Å². The van der Waals surface area contributed by atoms with Crippen molar-refractivity contribution in [2.24, 2.45) is 0 Å². The van der Waals surface area contributed by atoms with Crippen LogP contribution in [-0.4, -0.2) is 38.5 Å².